The fourth-order valence-corrected chi connectivity index (χ4v) is 4.90. The van der Waals surface area contributed by atoms with Gasteiger partial charge in [0.1, 0.15) is 5.69 Å². The highest BCUT2D eigenvalue weighted by Crippen LogP contribution is 2.35. The lowest BCUT2D eigenvalue weighted by molar-refractivity contribution is 1.14. The summed E-state index contributed by atoms with van der Waals surface area (Å²) in [5.74, 6) is 0.557. The van der Waals surface area contributed by atoms with Crippen LogP contribution in [0.2, 0.25) is 0 Å². The van der Waals surface area contributed by atoms with Gasteiger partial charge in [0.05, 0.1) is 28.1 Å². The summed E-state index contributed by atoms with van der Waals surface area (Å²) in [4.78, 5) is 24.5. The fraction of sp³-hybridized carbons (Fsp3) is 0.0294. The van der Waals surface area contributed by atoms with Gasteiger partial charge in [-0.05, 0) is 48.4 Å². The molecule has 5 heteroatoms. The third-order valence-electron chi connectivity index (χ3n) is 6.82. The minimum absolute atomic E-state index is 0.557. The summed E-state index contributed by atoms with van der Waals surface area (Å²) in [5, 5.41) is 2.11. The summed E-state index contributed by atoms with van der Waals surface area (Å²) < 4.78 is 0. The minimum atomic E-state index is 0.557. The van der Waals surface area contributed by atoms with E-state index in [1.54, 1.807) is 6.20 Å². The lowest BCUT2D eigenvalue weighted by atomic mass is 9.97. The van der Waals surface area contributed by atoms with Crippen LogP contribution in [-0.4, -0.2) is 24.9 Å². The highest BCUT2D eigenvalue weighted by atomic mass is 14.9. The molecule has 4 heterocycles. The standard InChI is InChI=1S/C34H23N5/c1-22-15-16-25-17-18-26-27(23-10-4-2-5-11-23)20-30(37-33(26)32(25)36-22)31-21-29(24-12-6-3-7-13-24)38-34(39-31)28-14-8-9-19-35-28/h2-21H,1H3. The van der Waals surface area contributed by atoms with E-state index in [9.17, 15) is 0 Å². The van der Waals surface area contributed by atoms with Crippen LogP contribution >= 0.6 is 0 Å². The Kier molecular flexibility index (Phi) is 5.60. The molecule has 0 saturated heterocycles. The Labute approximate surface area is 225 Å². The molecule has 184 valence electrons. The highest BCUT2D eigenvalue weighted by Gasteiger charge is 2.16. The third kappa shape index (κ3) is 4.30. The number of hydrogen-bond acceptors (Lipinski definition) is 5. The van der Waals surface area contributed by atoms with Gasteiger partial charge in [0, 0.05) is 28.2 Å². The lowest BCUT2D eigenvalue weighted by Gasteiger charge is -2.13. The van der Waals surface area contributed by atoms with Gasteiger partial charge in [0.25, 0.3) is 0 Å². The number of nitrogens with zero attached hydrogens (tertiary/aromatic N) is 5. The van der Waals surface area contributed by atoms with Gasteiger partial charge in [0.15, 0.2) is 5.82 Å². The SMILES string of the molecule is Cc1ccc2ccc3c(-c4ccccc4)cc(-c4cc(-c5ccccc5)nc(-c5ccccn5)n4)nc3c2n1. The maximum Gasteiger partial charge on any atom is 0.179 e. The number of hydrogen-bond donors (Lipinski definition) is 0. The zero-order valence-corrected chi connectivity index (χ0v) is 21.3. The first-order chi connectivity index (χ1) is 19.2. The van der Waals surface area contributed by atoms with Gasteiger partial charge in [-0.15, -0.1) is 0 Å². The molecule has 4 aromatic heterocycles. The quantitative estimate of drug-likeness (QED) is 0.229. The number of pyridine rings is 3. The second kappa shape index (κ2) is 9.54. The Hall–Kier alpha value is -5.29. The van der Waals surface area contributed by atoms with Crippen LogP contribution in [0.25, 0.3) is 67.1 Å². The molecule has 0 amide bonds. The Morgan fingerprint density at radius 1 is 0.487 bits per heavy atom. The van der Waals surface area contributed by atoms with Gasteiger partial charge in [-0.2, -0.15) is 0 Å². The monoisotopic (exact) mass is 501 g/mol. The number of aryl methyl sites for hydroxylation is 1. The molecule has 7 aromatic rings. The molecule has 0 radical (unpaired) electrons. The summed E-state index contributed by atoms with van der Waals surface area (Å²) >= 11 is 0. The smallest absolute Gasteiger partial charge is 0.179 e. The van der Waals surface area contributed by atoms with E-state index in [2.05, 4.69) is 65.6 Å². The molecule has 0 unspecified atom stereocenters. The molecule has 0 fully saturated rings. The van der Waals surface area contributed by atoms with E-state index >= 15 is 0 Å². The first kappa shape index (κ1) is 22.9. The van der Waals surface area contributed by atoms with Gasteiger partial charge in [-0.1, -0.05) is 84.9 Å². The summed E-state index contributed by atoms with van der Waals surface area (Å²) in [6, 6.07) is 38.8. The number of rotatable bonds is 4. The van der Waals surface area contributed by atoms with E-state index in [0.29, 0.717) is 11.5 Å². The molecule has 0 N–H and O–H groups in total. The summed E-state index contributed by atoms with van der Waals surface area (Å²) in [5.41, 5.74) is 8.90. The van der Waals surface area contributed by atoms with E-state index in [-0.39, 0.29) is 0 Å². The van der Waals surface area contributed by atoms with Crippen molar-refractivity contribution in [1.82, 2.24) is 24.9 Å². The van der Waals surface area contributed by atoms with Gasteiger partial charge >= 0.3 is 0 Å². The molecule has 7 rings (SSSR count). The van der Waals surface area contributed by atoms with Crippen molar-refractivity contribution in [3.05, 3.63) is 127 Å². The predicted octanol–water partition coefficient (Wildman–Crippen LogP) is 7.94. The fourth-order valence-electron chi connectivity index (χ4n) is 4.90. The Bertz CT molecular complexity index is 1900. The molecule has 0 spiro atoms. The van der Waals surface area contributed by atoms with Gasteiger partial charge < -0.3 is 0 Å². The van der Waals surface area contributed by atoms with Crippen LogP contribution in [0.1, 0.15) is 5.69 Å². The van der Waals surface area contributed by atoms with Gasteiger partial charge in [-0.25, -0.2) is 15.0 Å². The predicted molar refractivity (Wildman–Crippen MR) is 157 cm³/mol. The van der Waals surface area contributed by atoms with Gasteiger partial charge in [-0.3, -0.25) is 9.97 Å². The molecule has 0 saturated carbocycles. The van der Waals surface area contributed by atoms with Crippen LogP contribution in [-0.2, 0) is 0 Å². The summed E-state index contributed by atoms with van der Waals surface area (Å²) in [6.45, 7) is 2.01. The molecule has 39 heavy (non-hydrogen) atoms. The van der Waals surface area contributed by atoms with Crippen LogP contribution in [0, 0.1) is 6.92 Å². The van der Waals surface area contributed by atoms with Crippen LogP contribution in [0.5, 0.6) is 0 Å². The molecule has 3 aromatic carbocycles. The van der Waals surface area contributed by atoms with Crippen LogP contribution in [0.3, 0.4) is 0 Å². The maximum absolute atomic E-state index is 5.20. The molecule has 0 aliphatic heterocycles. The van der Waals surface area contributed by atoms with Crippen molar-refractivity contribution >= 4 is 21.8 Å². The highest BCUT2D eigenvalue weighted by molar-refractivity contribution is 6.09. The van der Waals surface area contributed by atoms with Crippen LogP contribution in [0.15, 0.2) is 121 Å². The zero-order chi connectivity index (χ0) is 26.2. The average molecular weight is 502 g/mol. The Balaban J connectivity index is 1.55. The molecule has 0 bridgehead atoms. The molecule has 0 aliphatic carbocycles. The van der Waals surface area contributed by atoms with Crippen molar-refractivity contribution in [2.45, 2.75) is 6.92 Å². The van der Waals surface area contributed by atoms with E-state index in [1.165, 1.54) is 0 Å². The van der Waals surface area contributed by atoms with Gasteiger partial charge in [0.2, 0.25) is 0 Å². The van der Waals surface area contributed by atoms with Crippen LogP contribution in [0.4, 0.5) is 0 Å². The summed E-state index contributed by atoms with van der Waals surface area (Å²) in [6.07, 6.45) is 1.76. The van der Waals surface area contributed by atoms with E-state index in [4.69, 9.17) is 19.9 Å². The third-order valence-corrected chi connectivity index (χ3v) is 6.82. The molecule has 0 aliphatic rings. The maximum atomic E-state index is 5.20. The molecule has 5 nitrogen and oxygen atoms in total. The zero-order valence-electron chi connectivity index (χ0n) is 21.3. The second-order valence-electron chi connectivity index (χ2n) is 9.45. The number of benzene rings is 3. The van der Waals surface area contributed by atoms with Crippen molar-refractivity contribution in [2.24, 2.45) is 0 Å². The van der Waals surface area contributed by atoms with Crippen LogP contribution < -0.4 is 0 Å². The Morgan fingerprint density at radius 3 is 1.95 bits per heavy atom. The van der Waals surface area contributed by atoms with E-state index < -0.39 is 0 Å². The Morgan fingerprint density at radius 2 is 1.18 bits per heavy atom. The van der Waals surface area contributed by atoms with E-state index in [0.717, 1.165) is 61.3 Å². The first-order valence-electron chi connectivity index (χ1n) is 12.9. The van der Waals surface area contributed by atoms with Crippen molar-refractivity contribution in [2.75, 3.05) is 0 Å². The summed E-state index contributed by atoms with van der Waals surface area (Å²) in [7, 11) is 0. The lowest BCUT2D eigenvalue weighted by Crippen LogP contribution is -1.99. The minimum Gasteiger partial charge on any atom is -0.253 e. The number of aromatic nitrogens is 5. The second-order valence-corrected chi connectivity index (χ2v) is 9.45. The van der Waals surface area contributed by atoms with Crippen molar-refractivity contribution in [3.8, 4) is 45.3 Å². The first-order valence-corrected chi connectivity index (χ1v) is 12.9. The topological polar surface area (TPSA) is 64.5 Å². The largest absolute Gasteiger partial charge is 0.253 e. The number of fused-ring (bicyclic) bond motifs is 3. The van der Waals surface area contributed by atoms with Crippen molar-refractivity contribution < 1.29 is 0 Å². The van der Waals surface area contributed by atoms with Crippen molar-refractivity contribution in [3.63, 3.8) is 0 Å². The molecular formula is C34H23N5. The van der Waals surface area contributed by atoms with Crippen molar-refractivity contribution in [1.29, 1.82) is 0 Å². The average Bonchev–Trinajstić information content (AvgIpc) is 3.01. The van der Waals surface area contributed by atoms with E-state index in [1.807, 2.05) is 61.5 Å². The molecular weight excluding hydrogens is 478 g/mol. The normalized spacial score (nSPS) is 11.2. The molecule has 0 atom stereocenters.